The maximum atomic E-state index is 15.2. The van der Waals surface area contributed by atoms with Crippen LogP contribution in [0.5, 0.6) is 5.75 Å². The first-order chi connectivity index (χ1) is 27.4. The number of para-hydroxylation sites is 1. The second-order valence-electron chi connectivity index (χ2n) is 17.2. The van der Waals surface area contributed by atoms with Gasteiger partial charge in [0.2, 0.25) is 5.60 Å². The lowest BCUT2D eigenvalue weighted by Gasteiger charge is -2.63. The van der Waals surface area contributed by atoms with Crippen molar-refractivity contribution >= 4 is 34.5 Å². The second-order valence-corrected chi connectivity index (χ2v) is 17.2. The maximum Gasteiger partial charge on any atom is 0.344 e. The van der Waals surface area contributed by atoms with Crippen LogP contribution in [0.4, 0.5) is 5.69 Å². The van der Waals surface area contributed by atoms with E-state index >= 15 is 4.79 Å². The molecule has 1 saturated carbocycles. The van der Waals surface area contributed by atoms with Gasteiger partial charge in [0, 0.05) is 90.9 Å². The molecule has 12 nitrogen and oxygen atoms in total. The van der Waals surface area contributed by atoms with Crippen molar-refractivity contribution in [1.82, 2.24) is 14.8 Å². The van der Waals surface area contributed by atoms with E-state index in [1.165, 1.54) is 26.7 Å². The van der Waals surface area contributed by atoms with Crippen molar-refractivity contribution in [2.75, 3.05) is 59.5 Å². The molecule has 2 N–H and O–H groups in total. The zero-order valence-corrected chi connectivity index (χ0v) is 34.0. The first-order valence-corrected chi connectivity index (χ1v) is 20.3. The van der Waals surface area contributed by atoms with Crippen molar-refractivity contribution in [1.29, 1.82) is 0 Å². The van der Waals surface area contributed by atoms with Gasteiger partial charge in [-0.3, -0.25) is 19.4 Å². The van der Waals surface area contributed by atoms with E-state index in [1.54, 1.807) is 7.11 Å². The minimum Gasteiger partial charge on any atom is -0.496 e. The number of carbonyl (C=O) groups excluding carboxylic acids is 3. The lowest BCUT2D eigenvalue weighted by atomic mass is 9.47. The van der Waals surface area contributed by atoms with Crippen molar-refractivity contribution < 1.29 is 38.4 Å². The number of ether oxygens (including phenoxy) is 4. The fourth-order valence-electron chi connectivity index (χ4n) is 12.8. The van der Waals surface area contributed by atoms with Gasteiger partial charge in [0.15, 0.2) is 6.10 Å². The van der Waals surface area contributed by atoms with Crippen molar-refractivity contribution in [2.45, 2.75) is 87.6 Å². The van der Waals surface area contributed by atoms with Gasteiger partial charge in [-0.05, 0) is 61.4 Å². The van der Waals surface area contributed by atoms with Crippen LogP contribution in [-0.4, -0.2) is 116 Å². The molecule has 57 heavy (non-hydrogen) atoms. The van der Waals surface area contributed by atoms with Crippen LogP contribution in [-0.2, 0) is 46.0 Å². The van der Waals surface area contributed by atoms with Crippen LogP contribution in [0.1, 0.15) is 68.8 Å². The van der Waals surface area contributed by atoms with Crippen molar-refractivity contribution in [2.24, 2.45) is 11.3 Å². The maximum absolute atomic E-state index is 15.2. The zero-order chi connectivity index (χ0) is 40.2. The van der Waals surface area contributed by atoms with Gasteiger partial charge in [-0.15, -0.1) is 0 Å². The molecule has 12 heteroatoms. The third-order valence-corrected chi connectivity index (χ3v) is 14.8. The Morgan fingerprint density at radius 1 is 1.00 bits per heavy atom. The van der Waals surface area contributed by atoms with E-state index in [2.05, 4.69) is 58.1 Å². The van der Waals surface area contributed by atoms with Crippen molar-refractivity contribution in [3.63, 3.8) is 0 Å². The molecule has 0 radical (unpaired) electrons. The van der Waals surface area contributed by atoms with Gasteiger partial charge < -0.3 is 33.9 Å². The summed E-state index contributed by atoms with van der Waals surface area (Å²) in [4.78, 5) is 53.1. The zero-order valence-electron chi connectivity index (χ0n) is 34.0. The van der Waals surface area contributed by atoms with Crippen LogP contribution in [0.3, 0.4) is 0 Å². The number of hydrogen-bond acceptors (Lipinski definition) is 11. The molecular formula is C45H54N4O8. The largest absolute Gasteiger partial charge is 0.496 e. The summed E-state index contributed by atoms with van der Waals surface area (Å²) in [7, 11) is 6.22. The number of hydrogen-bond donors (Lipinski definition) is 2. The van der Waals surface area contributed by atoms with Crippen LogP contribution in [0.25, 0.3) is 10.9 Å². The Morgan fingerprint density at radius 2 is 1.77 bits per heavy atom. The highest BCUT2D eigenvalue weighted by Gasteiger charge is 2.80. The summed E-state index contributed by atoms with van der Waals surface area (Å²) in [5.74, 6) is -1.31. The molecule has 2 aromatic carbocycles. The molecule has 2 fully saturated rings. The molecule has 9 atom stereocenters. The summed E-state index contributed by atoms with van der Waals surface area (Å²) >= 11 is 0. The summed E-state index contributed by atoms with van der Waals surface area (Å²) in [6.07, 6.45) is 7.67. The van der Waals surface area contributed by atoms with Gasteiger partial charge >= 0.3 is 17.9 Å². The van der Waals surface area contributed by atoms with Gasteiger partial charge in [0.25, 0.3) is 0 Å². The molecule has 6 heterocycles. The van der Waals surface area contributed by atoms with Crippen molar-refractivity contribution in [3.05, 3.63) is 82.6 Å². The van der Waals surface area contributed by atoms with Crippen molar-refractivity contribution in [3.8, 4) is 5.75 Å². The monoisotopic (exact) mass is 778 g/mol. The molecule has 6 aliphatic rings. The predicted molar refractivity (Wildman–Crippen MR) is 214 cm³/mol. The Kier molecular flexibility index (Phi) is 8.77. The first kappa shape index (κ1) is 37.9. The number of aromatic amines is 1. The Bertz CT molecular complexity index is 2250. The summed E-state index contributed by atoms with van der Waals surface area (Å²) in [6.45, 7) is 9.19. The predicted octanol–water partition coefficient (Wildman–Crippen LogP) is 4.75. The van der Waals surface area contributed by atoms with Gasteiger partial charge in [-0.2, -0.15) is 0 Å². The van der Waals surface area contributed by atoms with Gasteiger partial charge in [-0.1, -0.05) is 55.8 Å². The second kappa shape index (κ2) is 13.2. The van der Waals surface area contributed by atoms with Gasteiger partial charge in [0.1, 0.15) is 11.2 Å². The van der Waals surface area contributed by atoms with E-state index in [-0.39, 0.29) is 17.9 Å². The van der Waals surface area contributed by atoms with E-state index in [4.69, 9.17) is 18.9 Å². The first-order valence-electron chi connectivity index (χ1n) is 20.3. The lowest BCUT2D eigenvalue weighted by molar-refractivity contribution is -0.228. The fraction of sp³-hybridized carbons (Fsp3) is 0.533. The summed E-state index contributed by atoms with van der Waals surface area (Å²) < 4.78 is 23.9. The number of esters is 3. The van der Waals surface area contributed by atoms with E-state index < -0.39 is 45.9 Å². The minimum atomic E-state index is -2.27. The molecule has 1 saturated heterocycles. The number of likely N-dealkylation sites (N-methyl/N-ethyl adjacent to an activating group) is 1. The topological polar surface area (TPSA) is 134 Å². The molecule has 5 aliphatic heterocycles. The summed E-state index contributed by atoms with van der Waals surface area (Å²) in [5, 5.41) is 14.4. The van der Waals surface area contributed by atoms with Gasteiger partial charge in [-0.25, -0.2) is 4.79 Å². The SMILES string of the molecule is CCC1=CC2CN(C1)Cc1c([nH]c3ccccc13)[C@@](C(=O)OC)(c1cc3c(cc1OC)N(C)[C@H]1[C@@](O)(C(=O)OC)[C@H](OC(C)=O)[C@]4(CC)C=CCN5CC[C@@]31[C@H]54)C2. The molecule has 1 aliphatic carbocycles. The quantitative estimate of drug-likeness (QED) is 0.196. The highest BCUT2D eigenvalue weighted by molar-refractivity contribution is 5.95. The molecule has 9 rings (SSSR count). The number of H-pyrrole nitrogens is 1. The highest BCUT2D eigenvalue weighted by Crippen LogP contribution is 2.68. The number of benzene rings is 2. The molecule has 302 valence electrons. The van der Waals surface area contributed by atoms with Crippen LogP contribution in [0.15, 0.2) is 60.2 Å². The highest BCUT2D eigenvalue weighted by atomic mass is 16.6. The van der Waals surface area contributed by atoms with Crippen LogP contribution >= 0.6 is 0 Å². The van der Waals surface area contributed by atoms with Crippen LogP contribution in [0.2, 0.25) is 0 Å². The number of nitrogens with one attached hydrogen (secondary N) is 1. The third-order valence-electron chi connectivity index (χ3n) is 14.8. The molecule has 1 aromatic heterocycles. The Labute approximate surface area is 333 Å². The number of nitrogens with zero attached hydrogens (tertiary/aromatic N) is 3. The Hall–Kier alpha value is -4.65. The van der Waals surface area contributed by atoms with Crippen LogP contribution < -0.4 is 9.64 Å². The Morgan fingerprint density at radius 3 is 2.47 bits per heavy atom. The molecule has 0 amide bonds. The number of methoxy groups -OCH3 is 3. The van der Waals surface area contributed by atoms with E-state index in [1.807, 2.05) is 37.1 Å². The van der Waals surface area contributed by atoms with E-state index in [9.17, 15) is 14.7 Å². The minimum absolute atomic E-state index is 0.0284. The summed E-state index contributed by atoms with van der Waals surface area (Å²) in [6, 6.07) is 11.2. The molecule has 2 bridgehead atoms. The lowest BCUT2D eigenvalue weighted by Crippen LogP contribution is -2.81. The average Bonchev–Trinajstić information content (AvgIpc) is 3.87. The summed E-state index contributed by atoms with van der Waals surface area (Å²) in [5.41, 5.74) is 1.05. The smallest absolute Gasteiger partial charge is 0.344 e. The number of fused-ring (bicyclic) bond motifs is 6. The number of aromatic nitrogens is 1. The van der Waals surface area contributed by atoms with Gasteiger partial charge in [0.05, 0.1) is 27.4 Å². The normalized spacial score (nSPS) is 34.9. The fourth-order valence-corrected chi connectivity index (χ4v) is 12.8. The van der Waals surface area contributed by atoms with Crippen LogP contribution in [0, 0.1) is 11.3 Å². The molecule has 3 aromatic rings. The average molecular weight is 779 g/mol. The van der Waals surface area contributed by atoms with E-state index in [0.717, 1.165) is 52.9 Å². The number of rotatable bonds is 7. The Balaban J connectivity index is 1.37. The number of aliphatic hydroxyl groups is 1. The molecule has 1 spiro atoms. The number of carbonyl (C=O) groups is 3. The van der Waals surface area contributed by atoms with E-state index in [0.29, 0.717) is 50.2 Å². The molecule has 2 unspecified atom stereocenters. The third kappa shape index (κ3) is 4.80. The standard InChI is InChI=1S/C45H54N4O8/c1-8-27-19-28-22-44(40(51)55-6,36-30(25-48(23-27)24-28)29-13-10-11-14-33(29)46-36)32-20-31-34(21-35(32)54-5)47(4)38-43(31)16-18-49-17-12-15-42(9-2,37(43)49)39(57-26(3)50)45(38,53)41(52)56-7/h10-15,19-21,28,37-39,46,53H,8-9,16-18,22-25H2,1-7H3/t28?,37-,38-,39-,42-,43+,44+,45+/m1/s1. The number of anilines is 1. The molecular weight excluding hydrogens is 725 g/mol.